The van der Waals surface area contributed by atoms with Gasteiger partial charge in [0.2, 0.25) is 0 Å². The molecule has 0 radical (unpaired) electrons. The third-order valence-corrected chi connectivity index (χ3v) is 2.65. The van der Waals surface area contributed by atoms with Crippen LogP contribution in [-0.2, 0) is 4.79 Å². The van der Waals surface area contributed by atoms with E-state index in [9.17, 15) is 4.79 Å². The second kappa shape index (κ2) is 4.38. The molecule has 0 spiro atoms. The zero-order valence-electron chi connectivity index (χ0n) is 7.67. The van der Waals surface area contributed by atoms with Crippen LogP contribution in [0.3, 0.4) is 0 Å². The molecule has 0 saturated carbocycles. The summed E-state index contributed by atoms with van der Waals surface area (Å²) in [4.78, 5) is 10.4. The van der Waals surface area contributed by atoms with Gasteiger partial charge in [-0.05, 0) is 42.7 Å². The van der Waals surface area contributed by atoms with Crippen LogP contribution in [0.2, 0.25) is 0 Å². The van der Waals surface area contributed by atoms with E-state index < -0.39 is 0 Å². The minimum Gasteiger partial charge on any atom is -0.298 e. The Bertz CT molecular complexity index is 353. The van der Waals surface area contributed by atoms with Crippen molar-refractivity contribution in [2.45, 2.75) is 13.8 Å². The van der Waals surface area contributed by atoms with Crippen molar-refractivity contribution in [1.82, 2.24) is 0 Å². The number of rotatable bonds is 2. The second-order valence-corrected chi connectivity index (χ2v) is 3.87. The van der Waals surface area contributed by atoms with E-state index in [0.29, 0.717) is 0 Å². The van der Waals surface area contributed by atoms with Crippen molar-refractivity contribution in [1.29, 1.82) is 0 Å². The summed E-state index contributed by atoms with van der Waals surface area (Å²) in [5.41, 5.74) is 2.97. The third kappa shape index (κ3) is 2.81. The quantitative estimate of drug-likeness (QED) is 0.571. The summed E-state index contributed by atoms with van der Waals surface area (Å²) in [6, 6.07) is 6.00. The van der Waals surface area contributed by atoms with Crippen LogP contribution in [0.15, 0.2) is 28.2 Å². The summed E-state index contributed by atoms with van der Waals surface area (Å²) in [7, 11) is 0. The Morgan fingerprint density at radius 3 is 2.69 bits per heavy atom. The normalized spacial score (nSPS) is 11.5. The van der Waals surface area contributed by atoms with Crippen LogP contribution in [0.4, 0.5) is 0 Å². The second-order valence-electron chi connectivity index (χ2n) is 3.01. The Kier molecular flexibility index (Phi) is 3.43. The van der Waals surface area contributed by atoms with Crippen LogP contribution < -0.4 is 0 Å². The highest BCUT2D eigenvalue weighted by Crippen LogP contribution is 2.18. The SMILES string of the molecule is CC(C=O)=Cc1ccc(Br)c(C)c1. The van der Waals surface area contributed by atoms with Gasteiger partial charge in [0.05, 0.1) is 0 Å². The minimum atomic E-state index is 0.738. The fourth-order valence-corrected chi connectivity index (χ4v) is 1.30. The molecule has 1 rings (SSSR count). The lowest BCUT2D eigenvalue weighted by atomic mass is 10.1. The van der Waals surface area contributed by atoms with Crippen LogP contribution in [0.5, 0.6) is 0 Å². The molecule has 68 valence electrons. The van der Waals surface area contributed by atoms with E-state index in [0.717, 1.165) is 21.9 Å². The van der Waals surface area contributed by atoms with Crippen LogP contribution in [0, 0.1) is 6.92 Å². The van der Waals surface area contributed by atoms with Gasteiger partial charge in [-0.25, -0.2) is 0 Å². The van der Waals surface area contributed by atoms with E-state index >= 15 is 0 Å². The van der Waals surface area contributed by atoms with Gasteiger partial charge in [-0.1, -0.05) is 28.1 Å². The van der Waals surface area contributed by atoms with Gasteiger partial charge in [0, 0.05) is 4.47 Å². The molecular formula is C11H11BrO. The van der Waals surface area contributed by atoms with Gasteiger partial charge in [0.25, 0.3) is 0 Å². The monoisotopic (exact) mass is 238 g/mol. The van der Waals surface area contributed by atoms with E-state index in [-0.39, 0.29) is 0 Å². The van der Waals surface area contributed by atoms with Crippen molar-refractivity contribution >= 4 is 28.3 Å². The summed E-state index contributed by atoms with van der Waals surface area (Å²) in [6.45, 7) is 3.82. The van der Waals surface area contributed by atoms with Gasteiger partial charge in [-0.2, -0.15) is 0 Å². The summed E-state index contributed by atoms with van der Waals surface area (Å²) in [6.07, 6.45) is 2.73. The van der Waals surface area contributed by atoms with Gasteiger partial charge < -0.3 is 0 Å². The molecule has 0 bridgehead atoms. The molecule has 1 aromatic rings. The molecular weight excluding hydrogens is 228 g/mol. The van der Waals surface area contributed by atoms with E-state index in [1.807, 2.05) is 31.2 Å². The van der Waals surface area contributed by atoms with Gasteiger partial charge >= 0.3 is 0 Å². The molecule has 1 nitrogen and oxygen atoms in total. The fourth-order valence-electron chi connectivity index (χ4n) is 1.05. The molecule has 1 aromatic carbocycles. The number of aldehydes is 1. The van der Waals surface area contributed by atoms with Crippen molar-refractivity contribution in [3.8, 4) is 0 Å². The van der Waals surface area contributed by atoms with Crippen molar-refractivity contribution < 1.29 is 4.79 Å². The molecule has 0 aliphatic rings. The summed E-state index contributed by atoms with van der Waals surface area (Å²) in [5.74, 6) is 0. The molecule has 0 heterocycles. The number of carbonyl (C=O) groups is 1. The zero-order chi connectivity index (χ0) is 9.84. The average Bonchev–Trinajstić information content (AvgIpc) is 2.11. The number of halogens is 1. The van der Waals surface area contributed by atoms with Crippen molar-refractivity contribution in [3.05, 3.63) is 39.4 Å². The molecule has 2 heteroatoms. The highest BCUT2D eigenvalue weighted by Gasteiger charge is 1.95. The van der Waals surface area contributed by atoms with E-state index in [2.05, 4.69) is 15.9 Å². The molecule has 0 aliphatic heterocycles. The van der Waals surface area contributed by atoms with Crippen molar-refractivity contribution in [2.24, 2.45) is 0 Å². The van der Waals surface area contributed by atoms with Gasteiger partial charge in [-0.15, -0.1) is 0 Å². The number of hydrogen-bond acceptors (Lipinski definition) is 1. The molecule has 0 unspecified atom stereocenters. The van der Waals surface area contributed by atoms with Gasteiger partial charge in [0.15, 0.2) is 0 Å². The first-order chi connectivity index (χ1) is 6.13. The Balaban J connectivity index is 3.04. The highest BCUT2D eigenvalue weighted by molar-refractivity contribution is 9.10. The van der Waals surface area contributed by atoms with Crippen LogP contribution in [-0.4, -0.2) is 6.29 Å². The van der Waals surface area contributed by atoms with Gasteiger partial charge in [0.1, 0.15) is 6.29 Å². The smallest absolute Gasteiger partial charge is 0.145 e. The Morgan fingerprint density at radius 2 is 2.15 bits per heavy atom. The molecule has 0 amide bonds. The van der Waals surface area contributed by atoms with Crippen LogP contribution in [0.1, 0.15) is 18.1 Å². The van der Waals surface area contributed by atoms with Crippen molar-refractivity contribution in [2.75, 3.05) is 0 Å². The predicted octanol–water partition coefficient (Wildman–Crippen LogP) is 3.36. The number of allylic oxidation sites excluding steroid dienone is 1. The Hall–Kier alpha value is -0.890. The first-order valence-electron chi connectivity index (χ1n) is 4.03. The summed E-state index contributed by atoms with van der Waals surface area (Å²) < 4.78 is 1.09. The van der Waals surface area contributed by atoms with Gasteiger partial charge in [-0.3, -0.25) is 4.79 Å². The largest absolute Gasteiger partial charge is 0.298 e. The molecule has 0 saturated heterocycles. The van der Waals surface area contributed by atoms with Crippen LogP contribution >= 0.6 is 15.9 Å². The summed E-state index contributed by atoms with van der Waals surface area (Å²) >= 11 is 3.42. The average molecular weight is 239 g/mol. The number of carbonyl (C=O) groups excluding carboxylic acids is 1. The zero-order valence-corrected chi connectivity index (χ0v) is 9.26. The molecule has 0 aliphatic carbocycles. The number of aryl methyl sites for hydroxylation is 1. The third-order valence-electron chi connectivity index (χ3n) is 1.76. The number of benzene rings is 1. The first kappa shape index (κ1) is 10.2. The van der Waals surface area contributed by atoms with E-state index in [1.165, 1.54) is 5.56 Å². The maximum absolute atomic E-state index is 10.4. The predicted molar refractivity (Wildman–Crippen MR) is 58.6 cm³/mol. The van der Waals surface area contributed by atoms with Crippen molar-refractivity contribution in [3.63, 3.8) is 0 Å². The Labute approximate surface area is 86.6 Å². The number of hydrogen-bond donors (Lipinski definition) is 0. The molecule has 0 aromatic heterocycles. The maximum Gasteiger partial charge on any atom is 0.145 e. The van der Waals surface area contributed by atoms with Crippen LogP contribution in [0.25, 0.3) is 6.08 Å². The Morgan fingerprint density at radius 1 is 1.46 bits per heavy atom. The molecule has 0 N–H and O–H groups in total. The van der Waals surface area contributed by atoms with E-state index in [4.69, 9.17) is 0 Å². The summed E-state index contributed by atoms with van der Waals surface area (Å²) in [5, 5.41) is 0. The fraction of sp³-hybridized carbons (Fsp3) is 0.182. The first-order valence-corrected chi connectivity index (χ1v) is 4.82. The molecule has 0 atom stereocenters. The standard InChI is InChI=1S/C11H11BrO/c1-8(7-13)5-10-3-4-11(12)9(2)6-10/h3-7H,1-2H3. The van der Waals surface area contributed by atoms with E-state index in [1.54, 1.807) is 6.92 Å². The molecule has 0 fully saturated rings. The molecule has 13 heavy (non-hydrogen) atoms. The minimum absolute atomic E-state index is 0.738. The lowest BCUT2D eigenvalue weighted by Gasteiger charge is -1.99. The maximum atomic E-state index is 10.4. The topological polar surface area (TPSA) is 17.1 Å². The lowest BCUT2D eigenvalue weighted by Crippen LogP contribution is -1.81. The lowest BCUT2D eigenvalue weighted by molar-refractivity contribution is -0.104. The highest BCUT2D eigenvalue weighted by atomic mass is 79.9.